The zero-order valence-corrected chi connectivity index (χ0v) is 13.5. The highest BCUT2D eigenvalue weighted by Crippen LogP contribution is 2.32. The molecule has 1 aliphatic heterocycles. The van der Waals surface area contributed by atoms with Crippen molar-refractivity contribution in [3.63, 3.8) is 0 Å². The number of aliphatic carboxylic acids is 1. The third kappa shape index (κ3) is 2.69. The van der Waals surface area contributed by atoms with Gasteiger partial charge in [-0.15, -0.1) is 0 Å². The third-order valence-electron chi connectivity index (χ3n) is 4.70. The zero-order valence-electron chi connectivity index (χ0n) is 13.5. The van der Waals surface area contributed by atoms with Gasteiger partial charge in [0.1, 0.15) is 0 Å². The molecule has 23 heavy (non-hydrogen) atoms. The molecule has 0 fully saturated rings. The van der Waals surface area contributed by atoms with Crippen molar-refractivity contribution in [1.82, 2.24) is 4.57 Å². The summed E-state index contributed by atoms with van der Waals surface area (Å²) in [6.07, 6.45) is 2.41. The minimum absolute atomic E-state index is 0.0158. The van der Waals surface area contributed by atoms with Crippen LogP contribution in [0.25, 0.3) is 0 Å². The highest BCUT2D eigenvalue weighted by Gasteiger charge is 2.30. The van der Waals surface area contributed by atoms with Crippen LogP contribution in [0.4, 0.5) is 0 Å². The lowest BCUT2D eigenvalue weighted by Crippen LogP contribution is -2.17. The van der Waals surface area contributed by atoms with Gasteiger partial charge in [-0.2, -0.15) is 0 Å². The summed E-state index contributed by atoms with van der Waals surface area (Å²) in [6.45, 7) is 4.53. The number of benzene rings is 1. The van der Waals surface area contributed by atoms with E-state index in [0.29, 0.717) is 24.2 Å². The molecule has 0 bridgehead atoms. The summed E-state index contributed by atoms with van der Waals surface area (Å²) in [6, 6.07) is 9.42. The predicted molar refractivity (Wildman–Crippen MR) is 88.0 cm³/mol. The first-order valence-corrected chi connectivity index (χ1v) is 8.04. The van der Waals surface area contributed by atoms with Gasteiger partial charge in [0.05, 0.1) is 11.6 Å². The molecule has 1 aromatic heterocycles. The Kier molecular flexibility index (Phi) is 4.07. The van der Waals surface area contributed by atoms with Crippen molar-refractivity contribution >= 4 is 11.8 Å². The Hall–Kier alpha value is -2.36. The van der Waals surface area contributed by atoms with Crippen LogP contribution in [0.2, 0.25) is 0 Å². The first kappa shape index (κ1) is 15.5. The minimum atomic E-state index is -0.805. The Bertz CT molecular complexity index is 773. The van der Waals surface area contributed by atoms with Crippen LogP contribution >= 0.6 is 0 Å². The highest BCUT2D eigenvalue weighted by atomic mass is 16.4. The maximum atomic E-state index is 13.0. The van der Waals surface area contributed by atoms with Crippen molar-refractivity contribution in [3.05, 3.63) is 58.4 Å². The van der Waals surface area contributed by atoms with Gasteiger partial charge in [0.15, 0.2) is 0 Å². The number of carbonyl (C=O) groups is 2. The Balaban J connectivity index is 2.13. The molecule has 0 amide bonds. The van der Waals surface area contributed by atoms with Crippen molar-refractivity contribution in [1.29, 1.82) is 0 Å². The van der Waals surface area contributed by atoms with Crippen LogP contribution in [0.15, 0.2) is 30.3 Å². The van der Waals surface area contributed by atoms with Crippen LogP contribution in [0.5, 0.6) is 0 Å². The number of carbonyl (C=O) groups excluding carboxylic acids is 1. The Morgan fingerprint density at radius 2 is 1.87 bits per heavy atom. The topological polar surface area (TPSA) is 59.3 Å². The number of hydrogen-bond acceptors (Lipinski definition) is 2. The second kappa shape index (κ2) is 6.03. The summed E-state index contributed by atoms with van der Waals surface area (Å²) >= 11 is 0. The van der Waals surface area contributed by atoms with Gasteiger partial charge < -0.3 is 9.67 Å². The minimum Gasteiger partial charge on any atom is -0.481 e. The fraction of sp³-hybridized carbons (Fsp3) is 0.368. The van der Waals surface area contributed by atoms with Gasteiger partial charge in [-0.3, -0.25) is 9.59 Å². The first-order valence-electron chi connectivity index (χ1n) is 8.04. The number of nitrogens with zero attached hydrogens (tertiary/aromatic N) is 1. The van der Waals surface area contributed by atoms with Gasteiger partial charge in [0.2, 0.25) is 5.78 Å². The molecule has 1 N–H and O–H groups in total. The van der Waals surface area contributed by atoms with E-state index in [1.807, 2.05) is 48.7 Å². The van der Waals surface area contributed by atoms with Gasteiger partial charge in [-0.25, -0.2) is 0 Å². The van der Waals surface area contributed by atoms with Gasteiger partial charge in [0, 0.05) is 17.8 Å². The Morgan fingerprint density at radius 3 is 2.57 bits per heavy atom. The normalized spacial score (nSPS) is 17.4. The predicted octanol–water partition coefficient (Wildman–Crippen LogP) is 3.69. The molecule has 0 saturated heterocycles. The van der Waals surface area contributed by atoms with E-state index in [1.54, 1.807) is 0 Å². The Labute approximate surface area is 135 Å². The van der Waals surface area contributed by atoms with Crippen molar-refractivity contribution in [2.75, 3.05) is 0 Å². The van der Waals surface area contributed by atoms with Crippen molar-refractivity contribution in [2.45, 2.75) is 45.6 Å². The molecule has 1 aliphatic rings. The van der Waals surface area contributed by atoms with Crippen LogP contribution in [-0.2, 0) is 11.3 Å². The SMILES string of the molecule is Cc1ccccc1C(=O)c1c(C)cc2n1CCCCC2C(=O)O. The number of hydrogen-bond donors (Lipinski definition) is 1. The number of carboxylic acid groups (broad SMARTS) is 1. The number of fused-ring (bicyclic) bond motifs is 1. The third-order valence-corrected chi connectivity index (χ3v) is 4.70. The van der Waals surface area contributed by atoms with E-state index in [-0.39, 0.29) is 5.78 Å². The summed E-state index contributed by atoms with van der Waals surface area (Å²) in [5, 5.41) is 9.51. The molecule has 0 radical (unpaired) electrons. The standard InChI is InChI=1S/C19H21NO3/c1-12-7-3-4-8-14(12)18(21)17-13(2)11-16-15(19(22)23)9-5-6-10-20(16)17/h3-4,7-8,11,15H,5-6,9-10H2,1-2H3,(H,22,23). The number of rotatable bonds is 3. The van der Waals surface area contributed by atoms with Crippen molar-refractivity contribution in [2.24, 2.45) is 0 Å². The fourth-order valence-electron chi connectivity index (χ4n) is 3.51. The second-order valence-electron chi connectivity index (χ2n) is 6.28. The molecule has 0 saturated carbocycles. The second-order valence-corrected chi connectivity index (χ2v) is 6.28. The van der Waals surface area contributed by atoms with Crippen LogP contribution in [-0.4, -0.2) is 21.4 Å². The smallest absolute Gasteiger partial charge is 0.312 e. The van der Waals surface area contributed by atoms with Gasteiger partial charge in [-0.05, 0) is 43.9 Å². The highest BCUT2D eigenvalue weighted by molar-refractivity contribution is 6.10. The molecule has 4 heteroatoms. The number of ketones is 1. The molecule has 1 unspecified atom stereocenters. The van der Waals surface area contributed by atoms with Gasteiger partial charge in [-0.1, -0.05) is 30.7 Å². The molecule has 1 aromatic carbocycles. The van der Waals surface area contributed by atoms with Crippen LogP contribution in [0.3, 0.4) is 0 Å². The molecular weight excluding hydrogens is 290 g/mol. The lowest BCUT2D eigenvalue weighted by molar-refractivity contribution is -0.139. The van der Waals surface area contributed by atoms with E-state index in [0.717, 1.165) is 29.7 Å². The van der Waals surface area contributed by atoms with E-state index in [2.05, 4.69) is 0 Å². The van der Waals surface area contributed by atoms with Gasteiger partial charge in [0.25, 0.3) is 0 Å². The summed E-state index contributed by atoms with van der Waals surface area (Å²) in [5.41, 5.74) is 3.90. The summed E-state index contributed by atoms with van der Waals surface area (Å²) in [7, 11) is 0. The molecule has 2 aromatic rings. The molecule has 1 atom stereocenters. The molecule has 3 rings (SSSR count). The number of aromatic nitrogens is 1. The molecule has 0 spiro atoms. The summed E-state index contributed by atoms with van der Waals surface area (Å²) in [4.78, 5) is 24.6. The van der Waals surface area contributed by atoms with Crippen LogP contribution in [0.1, 0.15) is 58.1 Å². The average molecular weight is 311 g/mol. The van der Waals surface area contributed by atoms with Crippen molar-refractivity contribution < 1.29 is 14.7 Å². The Morgan fingerprint density at radius 1 is 1.13 bits per heavy atom. The first-order chi connectivity index (χ1) is 11.0. The van der Waals surface area contributed by atoms with Gasteiger partial charge >= 0.3 is 5.97 Å². The molecule has 2 heterocycles. The average Bonchev–Trinajstić information content (AvgIpc) is 2.69. The maximum Gasteiger partial charge on any atom is 0.312 e. The van der Waals surface area contributed by atoms with Crippen LogP contribution < -0.4 is 0 Å². The molecule has 0 aliphatic carbocycles. The lowest BCUT2D eigenvalue weighted by atomic mass is 9.99. The molecule has 4 nitrogen and oxygen atoms in total. The maximum absolute atomic E-state index is 13.0. The van der Waals surface area contributed by atoms with Crippen LogP contribution in [0, 0.1) is 13.8 Å². The van der Waals surface area contributed by atoms with E-state index < -0.39 is 11.9 Å². The summed E-state index contributed by atoms with van der Waals surface area (Å²) in [5.74, 6) is -1.34. The monoisotopic (exact) mass is 311 g/mol. The van der Waals surface area contributed by atoms with E-state index in [4.69, 9.17) is 0 Å². The molecular formula is C19H21NO3. The van der Waals surface area contributed by atoms with E-state index in [9.17, 15) is 14.7 Å². The van der Waals surface area contributed by atoms with E-state index >= 15 is 0 Å². The largest absolute Gasteiger partial charge is 0.481 e. The number of carboxylic acids is 1. The summed E-state index contributed by atoms with van der Waals surface area (Å²) < 4.78 is 1.94. The fourth-order valence-corrected chi connectivity index (χ4v) is 3.51. The quantitative estimate of drug-likeness (QED) is 0.880. The zero-order chi connectivity index (χ0) is 16.6. The molecule has 120 valence electrons. The van der Waals surface area contributed by atoms with Crippen molar-refractivity contribution in [3.8, 4) is 0 Å². The number of aryl methyl sites for hydroxylation is 2. The van der Waals surface area contributed by atoms with E-state index in [1.165, 1.54) is 0 Å². The lowest BCUT2D eigenvalue weighted by Gasteiger charge is -2.14.